The molecule has 0 spiro atoms. The number of hydrogen-bond donors (Lipinski definition) is 1. The number of carbonyl (C=O) groups excluding carboxylic acids is 1. The summed E-state index contributed by atoms with van der Waals surface area (Å²) in [6.07, 6.45) is -3.79. The van der Waals surface area contributed by atoms with E-state index in [9.17, 15) is 39.6 Å². The van der Waals surface area contributed by atoms with Gasteiger partial charge >= 0.3 is 6.18 Å². The molecule has 1 amide bonds. The smallest absolute Gasteiger partial charge is 0.351 e. The van der Waals surface area contributed by atoms with E-state index in [1.807, 2.05) is 0 Å². The lowest BCUT2D eigenvalue weighted by molar-refractivity contribution is -0.145. The van der Waals surface area contributed by atoms with Gasteiger partial charge in [-0.15, -0.1) is 0 Å². The second-order valence-corrected chi connectivity index (χ2v) is 10.1. The summed E-state index contributed by atoms with van der Waals surface area (Å²) in [5.41, 5.74) is -0.0884. The van der Waals surface area contributed by atoms with Crippen LogP contribution in [0.15, 0.2) is 48.0 Å². The number of nitrogens with one attached hydrogen (secondary N) is 1. The Kier molecular flexibility index (Phi) is 7.38. The summed E-state index contributed by atoms with van der Waals surface area (Å²) in [5, 5.41) is 1.77. The van der Waals surface area contributed by atoms with Gasteiger partial charge in [-0.1, -0.05) is 0 Å². The van der Waals surface area contributed by atoms with Crippen molar-refractivity contribution in [2.24, 2.45) is 0 Å². The van der Waals surface area contributed by atoms with Crippen molar-refractivity contribution in [3.63, 3.8) is 0 Å². The van der Waals surface area contributed by atoms with Crippen molar-refractivity contribution in [3.8, 4) is 11.3 Å². The predicted octanol–water partition coefficient (Wildman–Crippen LogP) is 3.04. The van der Waals surface area contributed by atoms with Gasteiger partial charge in [-0.05, 0) is 25.1 Å². The molecular weight excluding hydrogens is 542 g/mol. The lowest BCUT2D eigenvalue weighted by atomic mass is 10.1. The molecule has 1 aliphatic rings. The molecule has 38 heavy (non-hydrogen) atoms. The fourth-order valence-corrected chi connectivity index (χ4v) is 5.60. The van der Waals surface area contributed by atoms with Crippen molar-refractivity contribution in [1.29, 1.82) is 0 Å². The summed E-state index contributed by atoms with van der Waals surface area (Å²) in [5.74, 6) is -3.97. The number of hydrogen-bond acceptors (Lipinski definition) is 7. The van der Waals surface area contributed by atoms with E-state index in [0.29, 0.717) is 10.5 Å². The van der Waals surface area contributed by atoms with Gasteiger partial charge in [0, 0.05) is 36.5 Å². The molecule has 4 heterocycles. The van der Waals surface area contributed by atoms with E-state index in [-0.39, 0.29) is 16.8 Å². The standard InChI is InChI=1S/C22H18F6N6O3S/c1-11-15(24)5-18(34(11)38(36,37)19-3-2-14(23)9-30-19)20(35)31-6-12-4-17(29-10-16(12)25)13-7-32-21(33-8-13)22(26,27)28/h2-4,7-11,15,18H,5-6H2,1H3,(H,31,35)/t11-,15-,18-/m1/s1. The molecule has 3 aromatic rings. The SMILES string of the molecule is C[C@@H]1[C@H](F)C[C@H](C(=O)NCc2cc(-c3cnc(C(F)(F)F)nc3)ncc2F)N1S(=O)(=O)c1ccc(F)cn1. The lowest BCUT2D eigenvalue weighted by Crippen LogP contribution is -2.48. The first kappa shape index (κ1) is 27.4. The van der Waals surface area contributed by atoms with Gasteiger partial charge in [0.15, 0.2) is 5.03 Å². The Balaban J connectivity index is 1.53. The Morgan fingerprint density at radius 1 is 1.08 bits per heavy atom. The fraction of sp³-hybridized carbons (Fsp3) is 0.318. The zero-order valence-electron chi connectivity index (χ0n) is 19.3. The van der Waals surface area contributed by atoms with E-state index in [1.54, 1.807) is 0 Å². The summed E-state index contributed by atoms with van der Waals surface area (Å²) in [7, 11) is -4.50. The molecule has 1 saturated heterocycles. The molecule has 1 fully saturated rings. The molecule has 0 unspecified atom stereocenters. The minimum Gasteiger partial charge on any atom is -0.351 e. The topological polar surface area (TPSA) is 118 Å². The van der Waals surface area contributed by atoms with Crippen molar-refractivity contribution in [2.45, 2.75) is 49.3 Å². The van der Waals surface area contributed by atoms with Crippen molar-refractivity contribution in [2.75, 3.05) is 0 Å². The Labute approximate surface area is 212 Å². The van der Waals surface area contributed by atoms with Crippen LogP contribution in [0.2, 0.25) is 0 Å². The number of halogens is 6. The Hall–Kier alpha value is -3.66. The van der Waals surface area contributed by atoms with Crippen molar-refractivity contribution in [3.05, 3.63) is 66.0 Å². The first-order valence-electron chi connectivity index (χ1n) is 10.9. The maximum absolute atomic E-state index is 14.5. The second-order valence-electron chi connectivity index (χ2n) is 8.33. The summed E-state index contributed by atoms with van der Waals surface area (Å²) >= 11 is 0. The van der Waals surface area contributed by atoms with Crippen LogP contribution in [0.1, 0.15) is 24.7 Å². The summed E-state index contributed by atoms with van der Waals surface area (Å²) in [4.78, 5) is 26.7. The van der Waals surface area contributed by atoms with Crippen molar-refractivity contribution < 1.29 is 39.6 Å². The van der Waals surface area contributed by atoms with E-state index in [0.717, 1.165) is 36.8 Å². The summed E-state index contributed by atoms with van der Waals surface area (Å²) < 4.78 is 107. The van der Waals surface area contributed by atoms with Crippen LogP contribution in [0.3, 0.4) is 0 Å². The number of carbonyl (C=O) groups is 1. The number of pyridine rings is 2. The zero-order chi connectivity index (χ0) is 27.8. The molecule has 0 radical (unpaired) electrons. The number of amides is 1. The number of rotatable bonds is 6. The number of alkyl halides is 4. The average Bonchev–Trinajstić information content (AvgIpc) is 3.18. The fourth-order valence-electron chi connectivity index (χ4n) is 3.87. The zero-order valence-corrected chi connectivity index (χ0v) is 20.1. The monoisotopic (exact) mass is 560 g/mol. The van der Waals surface area contributed by atoms with Crippen LogP contribution in [-0.4, -0.2) is 56.8 Å². The van der Waals surface area contributed by atoms with E-state index in [2.05, 4.69) is 25.3 Å². The summed E-state index contributed by atoms with van der Waals surface area (Å²) in [6.45, 7) is 0.784. The molecule has 0 bridgehead atoms. The van der Waals surface area contributed by atoms with Crippen LogP contribution in [0, 0.1) is 11.6 Å². The van der Waals surface area contributed by atoms with Crippen molar-refractivity contribution >= 4 is 15.9 Å². The van der Waals surface area contributed by atoms with E-state index < -0.39 is 75.8 Å². The molecule has 0 aliphatic carbocycles. The van der Waals surface area contributed by atoms with Gasteiger partial charge in [-0.25, -0.2) is 36.5 Å². The molecule has 16 heteroatoms. The molecular formula is C22H18F6N6O3S. The molecule has 4 rings (SSSR count). The third kappa shape index (κ3) is 5.45. The highest BCUT2D eigenvalue weighted by Crippen LogP contribution is 2.33. The quantitative estimate of drug-likeness (QED) is 0.461. The highest BCUT2D eigenvalue weighted by Gasteiger charge is 2.49. The molecule has 1 aliphatic heterocycles. The van der Waals surface area contributed by atoms with Gasteiger partial charge in [0.25, 0.3) is 10.0 Å². The first-order valence-corrected chi connectivity index (χ1v) is 12.3. The number of nitrogens with zero attached hydrogens (tertiary/aromatic N) is 5. The minimum absolute atomic E-state index is 0.00859. The van der Waals surface area contributed by atoms with Crippen LogP contribution >= 0.6 is 0 Å². The third-order valence-electron chi connectivity index (χ3n) is 5.81. The number of sulfonamides is 1. The van der Waals surface area contributed by atoms with Gasteiger partial charge in [-0.2, -0.15) is 17.5 Å². The second kappa shape index (κ2) is 10.2. The molecule has 3 atom stereocenters. The third-order valence-corrected chi connectivity index (χ3v) is 7.73. The van der Waals surface area contributed by atoms with Crippen LogP contribution in [-0.2, 0) is 27.5 Å². The highest BCUT2D eigenvalue weighted by atomic mass is 32.2. The molecule has 202 valence electrons. The Bertz CT molecular complexity index is 1440. The van der Waals surface area contributed by atoms with Gasteiger partial charge in [0.05, 0.1) is 24.1 Å². The predicted molar refractivity (Wildman–Crippen MR) is 118 cm³/mol. The molecule has 0 aromatic carbocycles. The summed E-state index contributed by atoms with van der Waals surface area (Å²) in [6, 6.07) is 0.134. The number of aromatic nitrogens is 4. The van der Waals surface area contributed by atoms with Gasteiger partial charge in [0.2, 0.25) is 11.7 Å². The normalized spacial score (nSPS) is 20.4. The lowest BCUT2D eigenvalue weighted by Gasteiger charge is -2.26. The maximum atomic E-state index is 14.5. The minimum atomic E-state index is -4.76. The van der Waals surface area contributed by atoms with Crippen LogP contribution < -0.4 is 5.32 Å². The molecule has 9 nitrogen and oxygen atoms in total. The van der Waals surface area contributed by atoms with Crippen molar-refractivity contribution in [1.82, 2.24) is 29.6 Å². The largest absolute Gasteiger partial charge is 0.451 e. The van der Waals surface area contributed by atoms with Crippen LogP contribution in [0.25, 0.3) is 11.3 Å². The molecule has 0 saturated carbocycles. The van der Waals surface area contributed by atoms with E-state index in [1.165, 1.54) is 6.92 Å². The molecule has 3 aromatic heterocycles. The maximum Gasteiger partial charge on any atom is 0.451 e. The van der Waals surface area contributed by atoms with E-state index in [4.69, 9.17) is 0 Å². The Morgan fingerprint density at radius 2 is 1.76 bits per heavy atom. The van der Waals surface area contributed by atoms with Gasteiger partial charge in [0.1, 0.15) is 23.8 Å². The highest BCUT2D eigenvalue weighted by molar-refractivity contribution is 7.89. The van der Waals surface area contributed by atoms with Gasteiger partial charge < -0.3 is 5.32 Å². The first-order chi connectivity index (χ1) is 17.8. The Morgan fingerprint density at radius 3 is 2.37 bits per heavy atom. The van der Waals surface area contributed by atoms with E-state index >= 15 is 0 Å². The molecule has 1 N–H and O–H groups in total. The van der Waals surface area contributed by atoms with Crippen LogP contribution in [0.5, 0.6) is 0 Å². The van der Waals surface area contributed by atoms with Crippen LogP contribution in [0.4, 0.5) is 26.3 Å². The average molecular weight is 560 g/mol. The van der Waals surface area contributed by atoms with Gasteiger partial charge in [-0.3, -0.25) is 9.78 Å².